The van der Waals surface area contributed by atoms with Crippen molar-refractivity contribution in [1.29, 1.82) is 0 Å². The summed E-state index contributed by atoms with van der Waals surface area (Å²) in [6.07, 6.45) is 2.91. The number of hydrogen-bond acceptors (Lipinski definition) is 4. The molecule has 4 nitrogen and oxygen atoms in total. The molecule has 0 aliphatic heterocycles. The number of benzene rings is 2. The largest absolute Gasteiger partial charge is 2.00 e. The maximum absolute atomic E-state index is 11.9. The van der Waals surface area contributed by atoms with Crippen molar-refractivity contribution in [3.8, 4) is 11.5 Å². The van der Waals surface area contributed by atoms with E-state index in [1.165, 1.54) is 36.7 Å². The van der Waals surface area contributed by atoms with E-state index in [2.05, 4.69) is 9.98 Å². The van der Waals surface area contributed by atoms with E-state index in [-0.39, 0.29) is 44.0 Å². The van der Waals surface area contributed by atoms with Gasteiger partial charge in [0.15, 0.2) is 0 Å². The Hall–Kier alpha value is -0.941. The van der Waals surface area contributed by atoms with Crippen LogP contribution >= 0.6 is 46.4 Å². The number of rotatable bonds is 6. The van der Waals surface area contributed by atoms with Crippen molar-refractivity contribution < 1.29 is 27.3 Å². The van der Waals surface area contributed by atoms with Crippen LogP contribution in [-0.4, -0.2) is 25.5 Å². The Morgan fingerprint density at radius 2 is 1.14 bits per heavy atom. The van der Waals surface area contributed by atoms with Crippen molar-refractivity contribution in [2.45, 2.75) is 13.8 Å². The second-order valence-electron chi connectivity index (χ2n) is 6.72. The normalized spacial score (nSPS) is 11.9. The van der Waals surface area contributed by atoms with Crippen LogP contribution in [0, 0.1) is 5.41 Å². The second kappa shape index (κ2) is 10.7. The van der Waals surface area contributed by atoms with Gasteiger partial charge in [0, 0.05) is 51.0 Å². The zero-order valence-corrected chi connectivity index (χ0v) is 18.9. The van der Waals surface area contributed by atoms with E-state index in [0.717, 1.165) is 0 Å². The first-order valence-electron chi connectivity index (χ1n) is 7.91. The molecule has 0 aromatic heterocycles. The van der Waals surface area contributed by atoms with Crippen LogP contribution in [0.4, 0.5) is 0 Å². The van der Waals surface area contributed by atoms with Gasteiger partial charge in [-0.15, -0.1) is 0 Å². The molecule has 0 fully saturated rings. The Labute approximate surface area is 194 Å². The molecule has 0 unspecified atom stereocenters. The van der Waals surface area contributed by atoms with Crippen LogP contribution in [0.5, 0.6) is 11.5 Å². The molecule has 0 saturated heterocycles. The molecular formula is C19H16Cl4CuN2O2. The van der Waals surface area contributed by atoms with Crippen molar-refractivity contribution in [2.24, 2.45) is 15.4 Å². The van der Waals surface area contributed by atoms with Gasteiger partial charge in [-0.1, -0.05) is 71.8 Å². The molecule has 0 atom stereocenters. The Kier molecular flexibility index (Phi) is 9.61. The molecule has 2 aromatic carbocycles. The van der Waals surface area contributed by atoms with Crippen LogP contribution in [0.3, 0.4) is 0 Å². The van der Waals surface area contributed by atoms with Gasteiger partial charge in [-0.05, 0) is 35.4 Å². The van der Waals surface area contributed by atoms with Crippen molar-refractivity contribution in [3.05, 3.63) is 55.5 Å². The second-order valence-corrected chi connectivity index (χ2v) is 8.40. The zero-order chi connectivity index (χ0) is 20.2. The van der Waals surface area contributed by atoms with Crippen molar-refractivity contribution in [3.63, 3.8) is 0 Å². The SMILES string of the molecule is CC(C)(CN=Cc1cc(Cl)cc(Cl)c1[O-])CN=Cc1cc(Cl)cc(Cl)c1[O-].[Cu+2]. The number of halogens is 4. The van der Waals surface area contributed by atoms with Gasteiger partial charge in [-0.3, -0.25) is 9.98 Å². The predicted octanol–water partition coefficient (Wildman–Crippen LogP) is 5.01. The minimum Gasteiger partial charge on any atom is -0.871 e. The summed E-state index contributed by atoms with van der Waals surface area (Å²) >= 11 is 23.5. The van der Waals surface area contributed by atoms with Gasteiger partial charge in [0.25, 0.3) is 0 Å². The van der Waals surface area contributed by atoms with Crippen LogP contribution in [0.1, 0.15) is 25.0 Å². The molecule has 0 amide bonds. The van der Waals surface area contributed by atoms with Gasteiger partial charge in [0.1, 0.15) is 0 Å². The summed E-state index contributed by atoms with van der Waals surface area (Å²) in [6, 6.07) is 5.83. The predicted molar refractivity (Wildman–Crippen MR) is 111 cm³/mol. The molecule has 2 rings (SSSR count). The van der Waals surface area contributed by atoms with Crippen LogP contribution < -0.4 is 10.2 Å². The number of hydrogen-bond donors (Lipinski definition) is 0. The Morgan fingerprint density at radius 1 is 0.786 bits per heavy atom. The average molecular weight is 510 g/mol. The molecule has 9 heteroatoms. The fraction of sp³-hybridized carbons (Fsp3) is 0.263. The average Bonchev–Trinajstić information content (AvgIpc) is 2.56. The first-order chi connectivity index (χ1) is 12.6. The minimum absolute atomic E-state index is 0. The van der Waals surface area contributed by atoms with E-state index >= 15 is 0 Å². The Bertz CT molecular complexity index is 830. The first-order valence-corrected chi connectivity index (χ1v) is 9.42. The maximum Gasteiger partial charge on any atom is 2.00 e. The van der Waals surface area contributed by atoms with Gasteiger partial charge in [0.2, 0.25) is 0 Å². The number of aliphatic imine (C=N–C) groups is 2. The van der Waals surface area contributed by atoms with Crippen molar-refractivity contribution >= 4 is 58.8 Å². The molecule has 0 spiro atoms. The molecular weight excluding hydrogens is 494 g/mol. The molecule has 0 N–H and O–H groups in total. The van der Waals surface area contributed by atoms with E-state index < -0.39 is 0 Å². The smallest absolute Gasteiger partial charge is 0.871 e. The first kappa shape index (κ1) is 25.1. The summed E-state index contributed by atoms with van der Waals surface area (Å²) in [6.45, 7) is 4.75. The Balaban J connectivity index is 0.00000392. The summed E-state index contributed by atoms with van der Waals surface area (Å²) in [7, 11) is 0. The van der Waals surface area contributed by atoms with Crippen LogP contribution in [-0.2, 0) is 17.1 Å². The topological polar surface area (TPSA) is 70.8 Å². The number of nitrogens with zero attached hydrogens (tertiary/aromatic N) is 2. The van der Waals surface area contributed by atoms with Crippen LogP contribution in [0.2, 0.25) is 20.1 Å². The van der Waals surface area contributed by atoms with Crippen molar-refractivity contribution in [1.82, 2.24) is 0 Å². The van der Waals surface area contributed by atoms with Crippen molar-refractivity contribution in [2.75, 3.05) is 13.1 Å². The fourth-order valence-electron chi connectivity index (χ4n) is 2.18. The van der Waals surface area contributed by atoms with Gasteiger partial charge in [0.05, 0.1) is 0 Å². The zero-order valence-electron chi connectivity index (χ0n) is 14.9. The summed E-state index contributed by atoms with van der Waals surface area (Å²) in [5, 5.41) is 24.7. The molecule has 0 bridgehead atoms. The van der Waals surface area contributed by atoms with Crippen LogP contribution in [0.25, 0.3) is 0 Å². The standard InChI is InChI=1S/C19H18Cl4N2O2.Cu/c1-19(2,9-24-7-11-3-13(20)5-15(22)17(11)26)10-25-8-12-4-14(21)6-16(23)18(12)27;/h3-8,26-27H,9-10H2,1-2H3;/q;+2/p-2. The molecule has 0 aliphatic carbocycles. The minimum atomic E-state index is -0.318. The Morgan fingerprint density at radius 3 is 1.50 bits per heavy atom. The fourth-order valence-corrected chi connectivity index (χ4v) is 3.20. The van der Waals surface area contributed by atoms with Crippen LogP contribution in [0.15, 0.2) is 34.3 Å². The molecule has 0 saturated carbocycles. The molecule has 0 aliphatic rings. The van der Waals surface area contributed by atoms with E-state index in [1.54, 1.807) is 0 Å². The third-order valence-corrected chi connectivity index (χ3v) is 4.57. The molecule has 153 valence electrons. The molecule has 1 radical (unpaired) electrons. The summed E-state index contributed by atoms with van der Waals surface area (Å²) in [4.78, 5) is 8.62. The summed E-state index contributed by atoms with van der Waals surface area (Å²) in [5.41, 5.74) is 0.358. The van der Waals surface area contributed by atoms with Gasteiger partial charge in [-0.2, -0.15) is 0 Å². The van der Waals surface area contributed by atoms with E-state index in [0.29, 0.717) is 34.3 Å². The molecule has 28 heavy (non-hydrogen) atoms. The van der Waals surface area contributed by atoms with Gasteiger partial charge >= 0.3 is 17.1 Å². The van der Waals surface area contributed by atoms with Gasteiger partial charge < -0.3 is 10.2 Å². The third kappa shape index (κ3) is 7.14. The maximum atomic E-state index is 11.9. The summed E-state index contributed by atoms with van der Waals surface area (Å²) in [5.74, 6) is -0.636. The van der Waals surface area contributed by atoms with E-state index in [9.17, 15) is 10.2 Å². The quantitative estimate of drug-likeness (QED) is 0.406. The molecule has 0 heterocycles. The van der Waals surface area contributed by atoms with Gasteiger partial charge in [-0.25, -0.2) is 0 Å². The van der Waals surface area contributed by atoms with E-state index in [4.69, 9.17) is 46.4 Å². The monoisotopic (exact) mass is 507 g/mol. The summed E-state index contributed by atoms with van der Waals surface area (Å²) < 4.78 is 0. The third-order valence-electron chi connectivity index (χ3n) is 3.57. The van der Waals surface area contributed by atoms with E-state index in [1.807, 2.05) is 13.8 Å². The molecule has 2 aromatic rings.